The van der Waals surface area contributed by atoms with Crippen LogP contribution < -0.4 is 9.64 Å². The van der Waals surface area contributed by atoms with Crippen LogP contribution >= 0.6 is 0 Å². The molecule has 1 aromatic carbocycles. The molecule has 1 aromatic rings. The molecule has 1 atom stereocenters. The quantitative estimate of drug-likeness (QED) is 0.537. The van der Waals surface area contributed by atoms with Crippen LogP contribution in [0, 0.1) is 0 Å². The number of rotatable bonds is 1. The largest absolute Gasteiger partial charge is 0.466 e. The first kappa shape index (κ1) is 11.4. The maximum absolute atomic E-state index is 12.1. The van der Waals surface area contributed by atoms with Crippen LogP contribution in [0.5, 0.6) is 5.75 Å². The van der Waals surface area contributed by atoms with Gasteiger partial charge in [-0.05, 0) is 19.1 Å². The Labute approximate surface area is 98.9 Å². The third kappa shape index (κ3) is 1.54. The van der Waals surface area contributed by atoms with Gasteiger partial charge in [-0.2, -0.15) is 0 Å². The van der Waals surface area contributed by atoms with Gasteiger partial charge in [0.25, 0.3) is 11.5 Å². The SMILES string of the molecule is COC(=O)[C@@]1(C)Oc2ccccc2N(C)C1=O. The van der Waals surface area contributed by atoms with Crippen LogP contribution in [0.3, 0.4) is 0 Å². The molecule has 90 valence electrons. The molecule has 5 heteroatoms. The summed E-state index contributed by atoms with van der Waals surface area (Å²) in [6.07, 6.45) is 0. The maximum atomic E-state index is 12.1. The van der Waals surface area contributed by atoms with Crippen molar-refractivity contribution in [3.05, 3.63) is 24.3 Å². The van der Waals surface area contributed by atoms with Crippen LogP contribution in [0.15, 0.2) is 24.3 Å². The molecule has 1 aliphatic rings. The topological polar surface area (TPSA) is 55.8 Å². The van der Waals surface area contributed by atoms with Crippen molar-refractivity contribution < 1.29 is 19.1 Å². The summed E-state index contributed by atoms with van der Waals surface area (Å²) in [6.45, 7) is 1.41. The molecular formula is C12H13NO4. The number of esters is 1. The molecule has 0 saturated heterocycles. The van der Waals surface area contributed by atoms with Gasteiger partial charge in [0.15, 0.2) is 0 Å². The number of hydrogen-bond acceptors (Lipinski definition) is 4. The Morgan fingerprint density at radius 3 is 2.71 bits per heavy atom. The lowest BCUT2D eigenvalue weighted by atomic mass is 10.0. The molecule has 0 saturated carbocycles. The molecule has 1 heterocycles. The number of nitrogens with zero attached hydrogens (tertiary/aromatic N) is 1. The number of methoxy groups -OCH3 is 1. The van der Waals surface area contributed by atoms with E-state index in [4.69, 9.17) is 4.74 Å². The summed E-state index contributed by atoms with van der Waals surface area (Å²) in [6, 6.07) is 7.04. The Balaban J connectivity index is 2.51. The first-order valence-corrected chi connectivity index (χ1v) is 5.15. The molecule has 0 radical (unpaired) electrons. The second-order valence-electron chi connectivity index (χ2n) is 3.96. The highest BCUT2D eigenvalue weighted by Gasteiger charge is 2.50. The Morgan fingerprint density at radius 1 is 1.41 bits per heavy atom. The highest BCUT2D eigenvalue weighted by Crippen LogP contribution is 2.36. The average molecular weight is 235 g/mol. The molecule has 1 amide bonds. The van der Waals surface area contributed by atoms with Gasteiger partial charge in [0, 0.05) is 7.05 Å². The molecule has 0 fully saturated rings. The van der Waals surface area contributed by atoms with Gasteiger partial charge in [0.1, 0.15) is 5.75 Å². The fourth-order valence-corrected chi connectivity index (χ4v) is 1.84. The van der Waals surface area contributed by atoms with Crippen molar-refractivity contribution in [2.24, 2.45) is 0 Å². The van der Waals surface area contributed by atoms with Gasteiger partial charge in [-0.15, -0.1) is 0 Å². The molecule has 0 bridgehead atoms. The fraction of sp³-hybridized carbons (Fsp3) is 0.333. The lowest BCUT2D eigenvalue weighted by Crippen LogP contribution is -2.58. The van der Waals surface area contributed by atoms with E-state index in [2.05, 4.69) is 4.74 Å². The molecule has 1 aliphatic heterocycles. The predicted octanol–water partition coefficient (Wildman–Crippen LogP) is 0.974. The first-order valence-electron chi connectivity index (χ1n) is 5.15. The number of fused-ring (bicyclic) bond motifs is 1. The molecule has 0 aromatic heterocycles. The van der Waals surface area contributed by atoms with E-state index in [-0.39, 0.29) is 0 Å². The van der Waals surface area contributed by atoms with E-state index in [9.17, 15) is 9.59 Å². The molecule has 17 heavy (non-hydrogen) atoms. The maximum Gasteiger partial charge on any atom is 0.359 e. The summed E-state index contributed by atoms with van der Waals surface area (Å²) in [7, 11) is 2.83. The number of para-hydroxylation sites is 2. The number of anilines is 1. The van der Waals surface area contributed by atoms with Crippen molar-refractivity contribution in [2.75, 3.05) is 19.1 Å². The van der Waals surface area contributed by atoms with E-state index in [1.54, 1.807) is 31.3 Å². The van der Waals surface area contributed by atoms with Gasteiger partial charge in [-0.1, -0.05) is 12.1 Å². The molecule has 0 N–H and O–H groups in total. The lowest BCUT2D eigenvalue weighted by molar-refractivity contribution is -0.163. The molecule has 0 spiro atoms. The Bertz CT molecular complexity index is 485. The van der Waals surface area contributed by atoms with Crippen molar-refractivity contribution >= 4 is 17.6 Å². The first-order chi connectivity index (χ1) is 8.00. The minimum absolute atomic E-state index is 0.442. The molecule has 5 nitrogen and oxygen atoms in total. The van der Waals surface area contributed by atoms with Crippen LogP contribution in [-0.2, 0) is 14.3 Å². The number of carbonyl (C=O) groups excluding carboxylic acids is 2. The van der Waals surface area contributed by atoms with Crippen LogP contribution in [-0.4, -0.2) is 31.6 Å². The molecule has 0 unspecified atom stereocenters. The molecule has 0 aliphatic carbocycles. The smallest absolute Gasteiger partial charge is 0.359 e. The van der Waals surface area contributed by atoms with Gasteiger partial charge < -0.3 is 14.4 Å². The van der Waals surface area contributed by atoms with E-state index in [0.717, 1.165) is 0 Å². The summed E-state index contributed by atoms with van der Waals surface area (Å²) < 4.78 is 10.1. The van der Waals surface area contributed by atoms with E-state index >= 15 is 0 Å². The predicted molar refractivity (Wildman–Crippen MR) is 60.9 cm³/mol. The van der Waals surface area contributed by atoms with Crippen molar-refractivity contribution in [1.82, 2.24) is 0 Å². The number of ether oxygens (including phenoxy) is 2. The van der Waals surface area contributed by atoms with E-state index in [1.165, 1.54) is 18.9 Å². The summed E-state index contributed by atoms with van der Waals surface area (Å²) in [5.41, 5.74) is -0.975. The van der Waals surface area contributed by atoms with Gasteiger partial charge in [0.05, 0.1) is 12.8 Å². The van der Waals surface area contributed by atoms with Gasteiger partial charge >= 0.3 is 5.97 Å². The van der Waals surface area contributed by atoms with Crippen molar-refractivity contribution in [3.8, 4) is 5.75 Å². The second-order valence-corrected chi connectivity index (χ2v) is 3.96. The fourth-order valence-electron chi connectivity index (χ4n) is 1.84. The highest BCUT2D eigenvalue weighted by atomic mass is 16.6. The summed E-state index contributed by atoms with van der Waals surface area (Å²) in [5.74, 6) is -0.658. The summed E-state index contributed by atoms with van der Waals surface area (Å²) in [5, 5.41) is 0. The Morgan fingerprint density at radius 2 is 2.06 bits per heavy atom. The zero-order valence-corrected chi connectivity index (χ0v) is 9.89. The summed E-state index contributed by atoms with van der Waals surface area (Å²) >= 11 is 0. The number of carbonyl (C=O) groups is 2. The van der Waals surface area contributed by atoms with Crippen molar-refractivity contribution in [2.45, 2.75) is 12.5 Å². The third-order valence-electron chi connectivity index (χ3n) is 2.83. The Hall–Kier alpha value is -2.04. The van der Waals surface area contributed by atoms with Crippen molar-refractivity contribution in [1.29, 1.82) is 0 Å². The third-order valence-corrected chi connectivity index (χ3v) is 2.83. The highest BCUT2D eigenvalue weighted by molar-refractivity contribution is 6.14. The van der Waals surface area contributed by atoms with Crippen LogP contribution in [0.25, 0.3) is 0 Å². The van der Waals surface area contributed by atoms with E-state index < -0.39 is 17.5 Å². The van der Waals surface area contributed by atoms with Crippen LogP contribution in [0.2, 0.25) is 0 Å². The second kappa shape index (κ2) is 3.76. The van der Waals surface area contributed by atoms with E-state index in [1.807, 2.05) is 0 Å². The normalized spacial score (nSPS) is 22.8. The standard InChI is InChI=1S/C12H13NO4/c1-12(11(15)16-3)10(14)13(2)8-6-4-5-7-9(8)17-12/h4-7H,1-3H3/t12-/m0/s1. The minimum atomic E-state index is -1.61. The average Bonchev–Trinajstić information content (AvgIpc) is 2.35. The monoisotopic (exact) mass is 235 g/mol. The molecular weight excluding hydrogens is 222 g/mol. The van der Waals surface area contributed by atoms with Gasteiger partial charge in [-0.25, -0.2) is 4.79 Å². The lowest BCUT2D eigenvalue weighted by Gasteiger charge is -2.36. The number of benzene rings is 1. The van der Waals surface area contributed by atoms with Crippen LogP contribution in [0.4, 0.5) is 5.69 Å². The molecule has 2 rings (SSSR count). The van der Waals surface area contributed by atoms with Crippen LogP contribution in [0.1, 0.15) is 6.92 Å². The van der Waals surface area contributed by atoms with Gasteiger partial charge in [0.2, 0.25) is 0 Å². The zero-order valence-electron chi connectivity index (χ0n) is 9.89. The number of amides is 1. The number of hydrogen-bond donors (Lipinski definition) is 0. The Kier molecular flexibility index (Phi) is 2.53. The van der Waals surface area contributed by atoms with Gasteiger partial charge in [-0.3, -0.25) is 4.79 Å². The number of likely N-dealkylation sites (N-methyl/N-ethyl adjacent to an activating group) is 1. The van der Waals surface area contributed by atoms with Crippen molar-refractivity contribution in [3.63, 3.8) is 0 Å². The van der Waals surface area contributed by atoms with E-state index in [0.29, 0.717) is 11.4 Å². The summed E-state index contributed by atoms with van der Waals surface area (Å²) in [4.78, 5) is 25.2. The zero-order chi connectivity index (χ0) is 12.6. The minimum Gasteiger partial charge on any atom is -0.466 e.